The van der Waals surface area contributed by atoms with E-state index in [0.717, 1.165) is 4.88 Å². The average Bonchev–Trinajstić information content (AvgIpc) is 2.80. The van der Waals surface area contributed by atoms with Gasteiger partial charge in [-0.1, -0.05) is 37.6 Å². The van der Waals surface area contributed by atoms with Crippen LogP contribution in [0.15, 0.2) is 30.3 Å². The summed E-state index contributed by atoms with van der Waals surface area (Å²) in [5.74, 6) is -0.418. The summed E-state index contributed by atoms with van der Waals surface area (Å²) >= 11 is 7.04. The van der Waals surface area contributed by atoms with E-state index < -0.39 is 5.82 Å². The van der Waals surface area contributed by atoms with Gasteiger partial charge in [0, 0.05) is 16.4 Å². The smallest absolute Gasteiger partial charge is 0.175 e. The van der Waals surface area contributed by atoms with Gasteiger partial charge in [-0.15, -0.1) is 11.3 Å². The van der Waals surface area contributed by atoms with E-state index >= 15 is 0 Å². The van der Waals surface area contributed by atoms with Crippen LogP contribution in [0.4, 0.5) is 4.39 Å². The minimum atomic E-state index is -0.440. The first-order chi connectivity index (χ1) is 8.50. The van der Waals surface area contributed by atoms with E-state index in [-0.39, 0.29) is 16.7 Å². The molecule has 0 radical (unpaired) electrons. The lowest BCUT2D eigenvalue weighted by molar-refractivity contribution is 0.0943. The number of benzene rings is 1. The number of halogens is 2. The van der Waals surface area contributed by atoms with Crippen molar-refractivity contribution in [3.05, 3.63) is 46.0 Å². The molecule has 0 spiro atoms. The number of thiophene rings is 1. The van der Waals surface area contributed by atoms with Crippen LogP contribution in [0.5, 0.6) is 0 Å². The van der Waals surface area contributed by atoms with E-state index in [9.17, 15) is 9.18 Å². The fraction of sp³-hybridized carbons (Fsp3) is 0.214. The fourth-order valence-corrected chi connectivity index (χ4v) is 2.88. The Morgan fingerprint density at radius 1 is 1.28 bits per heavy atom. The molecular weight excluding hydrogens is 271 g/mol. The van der Waals surface area contributed by atoms with Crippen LogP contribution in [0.2, 0.25) is 5.02 Å². The summed E-state index contributed by atoms with van der Waals surface area (Å²) in [5.41, 5.74) is 0.440. The largest absolute Gasteiger partial charge is 0.293 e. The van der Waals surface area contributed by atoms with E-state index in [1.807, 2.05) is 13.8 Å². The molecule has 2 aromatic rings. The molecule has 0 amide bonds. The summed E-state index contributed by atoms with van der Waals surface area (Å²) in [7, 11) is 0. The second-order valence-electron chi connectivity index (χ2n) is 4.28. The third kappa shape index (κ3) is 2.47. The Labute approximate surface area is 114 Å². The molecule has 0 fully saturated rings. The van der Waals surface area contributed by atoms with Crippen molar-refractivity contribution in [2.45, 2.75) is 13.8 Å². The molecule has 0 N–H and O–H groups in total. The van der Waals surface area contributed by atoms with Crippen LogP contribution in [0.3, 0.4) is 0 Å². The summed E-state index contributed by atoms with van der Waals surface area (Å²) in [4.78, 5) is 13.2. The number of hydrogen-bond acceptors (Lipinski definition) is 2. The Morgan fingerprint density at radius 3 is 2.67 bits per heavy atom. The summed E-state index contributed by atoms with van der Waals surface area (Å²) in [5, 5.41) is 0.0950. The summed E-state index contributed by atoms with van der Waals surface area (Å²) in [6.45, 7) is 3.70. The van der Waals surface area contributed by atoms with Crippen LogP contribution in [0.25, 0.3) is 10.4 Å². The molecule has 1 nitrogen and oxygen atoms in total. The molecule has 0 atom stereocenters. The van der Waals surface area contributed by atoms with E-state index in [4.69, 9.17) is 11.6 Å². The highest BCUT2D eigenvalue weighted by Crippen LogP contribution is 2.33. The highest BCUT2D eigenvalue weighted by atomic mass is 35.5. The van der Waals surface area contributed by atoms with Crippen molar-refractivity contribution >= 4 is 28.7 Å². The zero-order valence-electron chi connectivity index (χ0n) is 10.0. The first kappa shape index (κ1) is 13.2. The van der Waals surface area contributed by atoms with Crippen LogP contribution in [0, 0.1) is 11.7 Å². The molecule has 0 aliphatic carbocycles. The van der Waals surface area contributed by atoms with E-state index in [1.165, 1.54) is 17.4 Å². The second kappa shape index (κ2) is 5.21. The number of rotatable bonds is 3. The van der Waals surface area contributed by atoms with Gasteiger partial charge in [-0.05, 0) is 18.2 Å². The Bertz CT molecular complexity index is 589. The molecule has 0 aliphatic rings. The van der Waals surface area contributed by atoms with Gasteiger partial charge in [0.2, 0.25) is 0 Å². The maximum atomic E-state index is 13.8. The van der Waals surface area contributed by atoms with Crippen molar-refractivity contribution in [3.8, 4) is 10.4 Å². The average molecular weight is 283 g/mol. The van der Waals surface area contributed by atoms with Gasteiger partial charge in [0.25, 0.3) is 0 Å². The Hall–Kier alpha value is -1.19. The third-order valence-corrected chi connectivity index (χ3v) is 4.02. The molecule has 0 unspecified atom stereocenters. The monoisotopic (exact) mass is 282 g/mol. The topological polar surface area (TPSA) is 17.1 Å². The number of carbonyl (C=O) groups is 1. The van der Waals surface area contributed by atoms with Gasteiger partial charge in [-0.2, -0.15) is 0 Å². The maximum absolute atomic E-state index is 13.8. The van der Waals surface area contributed by atoms with Gasteiger partial charge >= 0.3 is 0 Å². The van der Waals surface area contributed by atoms with Crippen LogP contribution in [0.1, 0.15) is 23.5 Å². The number of ketones is 1. The quantitative estimate of drug-likeness (QED) is 0.720. The summed E-state index contributed by atoms with van der Waals surface area (Å²) in [6, 6.07) is 8.37. The number of carbonyl (C=O) groups excluding carboxylic acids is 1. The number of Topliss-reactive ketones (excluding diaryl/α,β-unsaturated/α-hetero) is 1. The minimum absolute atomic E-state index is 0.0549. The zero-order valence-corrected chi connectivity index (χ0v) is 11.6. The second-order valence-corrected chi connectivity index (χ2v) is 5.78. The van der Waals surface area contributed by atoms with Crippen molar-refractivity contribution in [2.24, 2.45) is 5.92 Å². The van der Waals surface area contributed by atoms with Crippen LogP contribution >= 0.6 is 22.9 Å². The van der Waals surface area contributed by atoms with Gasteiger partial charge in [-0.3, -0.25) is 4.79 Å². The molecule has 1 aromatic carbocycles. The Morgan fingerprint density at radius 2 is 2.00 bits per heavy atom. The fourth-order valence-electron chi connectivity index (χ4n) is 1.59. The molecule has 0 bridgehead atoms. The van der Waals surface area contributed by atoms with Gasteiger partial charge < -0.3 is 0 Å². The van der Waals surface area contributed by atoms with Crippen LogP contribution in [-0.4, -0.2) is 5.78 Å². The van der Waals surface area contributed by atoms with Gasteiger partial charge in [0.15, 0.2) is 5.78 Å². The summed E-state index contributed by atoms with van der Waals surface area (Å²) in [6.07, 6.45) is 0. The van der Waals surface area contributed by atoms with Gasteiger partial charge in [0.05, 0.1) is 9.90 Å². The van der Waals surface area contributed by atoms with E-state index in [1.54, 1.807) is 24.3 Å². The van der Waals surface area contributed by atoms with Crippen molar-refractivity contribution in [1.29, 1.82) is 0 Å². The molecule has 0 saturated carbocycles. The summed E-state index contributed by atoms with van der Waals surface area (Å²) < 4.78 is 13.8. The molecule has 2 rings (SSSR count). The highest BCUT2D eigenvalue weighted by molar-refractivity contribution is 7.17. The standard InChI is InChI=1S/C14H12ClFOS/c1-8(2)14(17)12-7-6-11(18-12)9-4-3-5-10(15)13(9)16/h3-8H,1-2H3. The van der Waals surface area contributed by atoms with E-state index in [2.05, 4.69) is 0 Å². The minimum Gasteiger partial charge on any atom is -0.293 e. The molecule has 18 heavy (non-hydrogen) atoms. The van der Waals surface area contributed by atoms with Crippen molar-refractivity contribution in [2.75, 3.05) is 0 Å². The lowest BCUT2D eigenvalue weighted by atomic mass is 10.1. The predicted molar refractivity (Wildman–Crippen MR) is 73.9 cm³/mol. The van der Waals surface area contributed by atoms with Crippen molar-refractivity contribution in [1.82, 2.24) is 0 Å². The predicted octanol–water partition coefficient (Wildman–Crippen LogP) is 5.05. The maximum Gasteiger partial charge on any atom is 0.175 e. The number of hydrogen-bond donors (Lipinski definition) is 0. The van der Waals surface area contributed by atoms with Crippen molar-refractivity contribution < 1.29 is 9.18 Å². The van der Waals surface area contributed by atoms with Gasteiger partial charge in [-0.25, -0.2) is 4.39 Å². The molecule has 0 saturated heterocycles. The van der Waals surface area contributed by atoms with E-state index in [0.29, 0.717) is 10.4 Å². The lowest BCUT2D eigenvalue weighted by Gasteiger charge is -2.02. The molecule has 1 heterocycles. The molecule has 1 aromatic heterocycles. The molecule has 94 valence electrons. The lowest BCUT2D eigenvalue weighted by Crippen LogP contribution is -2.04. The van der Waals surface area contributed by atoms with Crippen LogP contribution < -0.4 is 0 Å². The first-order valence-corrected chi connectivity index (χ1v) is 6.78. The van der Waals surface area contributed by atoms with Gasteiger partial charge in [0.1, 0.15) is 5.82 Å². The van der Waals surface area contributed by atoms with Crippen LogP contribution in [-0.2, 0) is 0 Å². The molecule has 0 aliphatic heterocycles. The molecule has 4 heteroatoms. The zero-order chi connectivity index (χ0) is 13.3. The SMILES string of the molecule is CC(C)C(=O)c1ccc(-c2cccc(Cl)c2F)s1. The first-order valence-electron chi connectivity index (χ1n) is 5.59. The highest BCUT2D eigenvalue weighted by Gasteiger charge is 2.15. The van der Waals surface area contributed by atoms with Crippen molar-refractivity contribution in [3.63, 3.8) is 0 Å². The molecular formula is C14H12ClFOS. The Balaban J connectivity index is 2.41. The Kier molecular flexibility index (Phi) is 3.83. The third-order valence-electron chi connectivity index (χ3n) is 2.59. The normalized spacial score (nSPS) is 10.9.